The third-order valence-corrected chi connectivity index (χ3v) is 5.38. The van der Waals surface area contributed by atoms with E-state index in [1.54, 1.807) is 0 Å². The topological polar surface area (TPSA) is 27.0 Å². The fourth-order valence-electron chi connectivity index (χ4n) is 4.15. The molecule has 2 saturated carbocycles. The molecule has 0 aromatic carbocycles. The summed E-state index contributed by atoms with van der Waals surface area (Å²) in [6.45, 7) is 6.39. The molecule has 2 fully saturated rings. The number of hydrogen-bond acceptors (Lipinski definition) is 2. The van der Waals surface area contributed by atoms with Crippen LogP contribution in [0.3, 0.4) is 0 Å². The van der Waals surface area contributed by atoms with Gasteiger partial charge >= 0.3 is 0 Å². The molecule has 0 atom stereocenters. The van der Waals surface area contributed by atoms with Gasteiger partial charge in [-0.25, -0.2) is 0 Å². The van der Waals surface area contributed by atoms with Gasteiger partial charge in [-0.15, -0.1) is 0 Å². The number of nitriles is 1. The fourth-order valence-corrected chi connectivity index (χ4v) is 4.15. The number of hydrogen-bond donors (Lipinski definition) is 0. The van der Waals surface area contributed by atoms with Crippen LogP contribution in [0, 0.1) is 16.7 Å². The third kappa shape index (κ3) is 2.22. The van der Waals surface area contributed by atoms with E-state index in [4.69, 9.17) is 0 Å². The highest BCUT2D eigenvalue weighted by Crippen LogP contribution is 2.52. The van der Waals surface area contributed by atoms with E-state index in [9.17, 15) is 5.26 Å². The van der Waals surface area contributed by atoms with Crippen LogP contribution in [0.4, 0.5) is 0 Å². The molecule has 0 N–H and O–H groups in total. The number of nitrogens with zero attached hydrogens (tertiary/aromatic N) is 2. The van der Waals surface area contributed by atoms with Gasteiger partial charge in [0.05, 0.1) is 6.07 Å². The minimum atomic E-state index is -0.142. The van der Waals surface area contributed by atoms with Gasteiger partial charge in [0.1, 0.15) is 5.54 Å². The second kappa shape index (κ2) is 4.98. The van der Waals surface area contributed by atoms with Crippen molar-refractivity contribution in [2.75, 3.05) is 13.1 Å². The maximum Gasteiger partial charge on any atom is 0.109 e. The number of rotatable bonds is 3. The van der Waals surface area contributed by atoms with Crippen molar-refractivity contribution in [1.82, 2.24) is 4.90 Å². The van der Waals surface area contributed by atoms with E-state index in [-0.39, 0.29) is 5.54 Å². The average molecular weight is 234 g/mol. The van der Waals surface area contributed by atoms with Crippen molar-refractivity contribution in [2.24, 2.45) is 5.41 Å². The van der Waals surface area contributed by atoms with E-state index in [1.165, 1.54) is 38.5 Å². The van der Waals surface area contributed by atoms with Crippen LogP contribution in [-0.2, 0) is 0 Å². The predicted octanol–water partition coefficient (Wildman–Crippen LogP) is 3.72. The molecule has 0 radical (unpaired) electrons. The van der Waals surface area contributed by atoms with Gasteiger partial charge in [-0.05, 0) is 57.0 Å². The Morgan fingerprint density at radius 3 is 1.88 bits per heavy atom. The quantitative estimate of drug-likeness (QED) is 0.744. The molecule has 0 aliphatic heterocycles. The minimum absolute atomic E-state index is 0.142. The Morgan fingerprint density at radius 2 is 1.47 bits per heavy atom. The van der Waals surface area contributed by atoms with Crippen molar-refractivity contribution in [3.05, 3.63) is 0 Å². The van der Waals surface area contributed by atoms with Crippen molar-refractivity contribution < 1.29 is 0 Å². The van der Waals surface area contributed by atoms with Gasteiger partial charge in [0, 0.05) is 0 Å². The second-order valence-corrected chi connectivity index (χ2v) is 6.02. The molecule has 0 amide bonds. The van der Waals surface area contributed by atoms with Crippen molar-refractivity contribution in [2.45, 2.75) is 70.8 Å². The van der Waals surface area contributed by atoms with Gasteiger partial charge in [0.25, 0.3) is 0 Å². The van der Waals surface area contributed by atoms with Crippen molar-refractivity contribution in [3.63, 3.8) is 0 Å². The molecule has 0 aromatic rings. The van der Waals surface area contributed by atoms with E-state index in [1.807, 2.05) is 0 Å². The largest absolute Gasteiger partial charge is 0.286 e. The van der Waals surface area contributed by atoms with Crippen molar-refractivity contribution in [3.8, 4) is 6.07 Å². The van der Waals surface area contributed by atoms with E-state index in [2.05, 4.69) is 24.8 Å². The van der Waals surface area contributed by atoms with E-state index >= 15 is 0 Å². The molecule has 17 heavy (non-hydrogen) atoms. The molecule has 96 valence electrons. The molecule has 1 spiro atoms. The van der Waals surface area contributed by atoms with Gasteiger partial charge in [0.2, 0.25) is 0 Å². The molecule has 0 heterocycles. The standard InChI is InChI=1S/C15H26N2/c1-3-17(4-2)15(13-16)11-9-14(10-12-15)7-5-6-8-14/h3-12H2,1-2H3. The lowest BCUT2D eigenvalue weighted by atomic mass is 9.66. The fraction of sp³-hybridized carbons (Fsp3) is 0.933. The lowest BCUT2D eigenvalue weighted by Crippen LogP contribution is -2.51. The highest BCUT2D eigenvalue weighted by atomic mass is 15.2. The lowest BCUT2D eigenvalue weighted by Gasteiger charge is -2.46. The smallest absolute Gasteiger partial charge is 0.109 e. The van der Waals surface area contributed by atoms with Crippen molar-refractivity contribution in [1.29, 1.82) is 5.26 Å². The monoisotopic (exact) mass is 234 g/mol. The first-order valence-corrected chi connectivity index (χ1v) is 7.37. The molecule has 2 aliphatic carbocycles. The minimum Gasteiger partial charge on any atom is -0.286 e. The third-order valence-electron chi connectivity index (χ3n) is 5.38. The first-order chi connectivity index (χ1) is 8.20. The molecule has 2 aliphatic rings. The van der Waals surface area contributed by atoms with Gasteiger partial charge in [-0.2, -0.15) is 5.26 Å². The summed E-state index contributed by atoms with van der Waals surface area (Å²) in [5.74, 6) is 0. The summed E-state index contributed by atoms with van der Waals surface area (Å²) in [5.41, 5.74) is 0.491. The molecule has 2 nitrogen and oxygen atoms in total. The molecule has 2 rings (SSSR count). The average Bonchev–Trinajstić information content (AvgIpc) is 2.82. The van der Waals surface area contributed by atoms with Gasteiger partial charge in [0.15, 0.2) is 0 Å². The Bertz CT molecular complexity index is 283. The Kier molecular flexibility index (Phi) is 3.78. The summed E-state index contributed by atoms with van der Waals surface area (Å²) < 4.78 is 0. The van der Waals surface area contributed by atoms with Gasteiger partial charge in [-0.3, -0.25) is 4.90 Å². The van der Waals surface area contributed by atoms with Crippen LogP contribution in [0.1, 0.15) is 65.2 Å². The molecule has 0 unspecified atom stereocenters. The molecule has 0 saturated heterocycles. The normalized spacial score (nSPS) is 26.2. The van der Waals surface area contributed by atoms with Crippen LogP contribution in [0.2, 0.25) is 0 Å². The molecule has 0 bridgehead atoms. The van der Waals surface area contributed by atoms with E-state index in [0.717, 1.165) is 25.9 Å². The first-order valence-electron chi connectivity index (χ1n) is 7.37. The highest BCUT2D eigenvalue weighted by Gasteiger charge is 2.46. The van der Waals surface area contributed by atoms with Crippen LogP contribution < -0.4 is 0 Å². The van der Waals surface area contributed by atoms with Crippen LogP contribution in [-0.4, -0.2) is 23.5 Å². The van der Waals surface area contributed by atoms with Gasteiger partial charge < -0.3 is 0 Å². The second-order valence-electron chi connectivity index (χ2n) is 6.02. The van der Waals surface area contributed by atoms with Crippen molar-refractivity contribution >= 4 is 0 Å². The first kappa shape index (κ1) is 12.9. The summed E-state index contributed by atoms with van der Waals surface area (Å²) >= 11 is 0. The molecule has 0 aromatic heterocycles. The Balaban J connectivity index is 2.06. The SMILES string of the molecule is CCN(CC)C1(C#N)CCC2(CCCC2)CC1. The summed E-state index contributed by atoms with van der Waals surface area (Å²) in [4.78, 5) is 2.38. The molecular weight excluding hydrogens is 208 g/mol. The van der Waals surface area contributed by atoms with Crippen LogP contribution in [0.25, 0.3) is 0 Å². The maximum atomic E-state index is 9.61. The summed E-state index contributed by atoms with van der Waals surface area (Å²) in [5, 5.41) is 9.61. The Morgan fingerprint density at radius 1 is 0.941 bits per heavy atom. The molecular formula is C15H26N2. The molecule has 2 heteroatoms. The zero-order chi connectivity index (χ0) is 12.4. The lowest BCUT2D eigenvalue weighted by molar-refractivity contribution is 0.0529. The zero-order valence-electron chi connectivity index (χ0n) is 11.5. The Labute approximate surface area is 106 Å². The highest BCUT2D eigenvalue weighted by molar-refractivity contribution is 5.12. The zero-order valence-corrected chi connectivity index (χ0v) is 11.5. The summed E-state index contributed by atoms with van der Waals surface area (Å²) in [6, 6.07) is 2.65. The predicted molar refractivity (Wildman–Crippen MR) is 70.6 cm³/mol. The Hall–Kier alpha value is -0.550. The summed E-state index contributed by atoms with van der Waals surface area (Å²) in [6.07, 6.45) is 10.5. The summed E-state index contributed by atoms with van der Waals surface area (Å²) in [7, 11) is 0. The van der Waals surface area contributed by atoms with Crippen LogP contribution >= 0.6 is 0 Å². The van der Waals surface area contributed by atoms with Gasteiger partial charge in [-0.1, -0.05) is 26.7 Å². The van der Waals surface area contributed by atoms with Crippen LogP contribution in [0.15, 0.2) is 0 Å². The maximum absolute atomic E-state index is 9.61. The van der Waals surface area contributed by atoms with E-state index < -0.39 is 0 Å². The van der Waals surface area contributed by atoms with Crippen LogP contribution in [0.5, 0.6) is 0 Å². The van der Waals surface area contributed by atoms with E-state index in [0.29, 0.717) is 5.41 Å².